The number of carboxylic acids is 1. The average molecular weight is 437 g/mol. The maximum atomic E-state index is 12.8. The molecule has 25 heavy (non-hydrogen) atoms. The first kappa shape index (κ1) is 17.5. The average Bonchev–Trinajstić information content (AvgIpc) is 2.97. The van der Waals surface area contributed by atoms with Gasteiger partial charge in [0.2, 0.25) is 0 Å². The minimum atomic E-state index is -1.12. The summed E-state index contributed by atoms with van der Waals surface area (Å²) in [5.41, 5.74) is 0.203. The van der Waals surface area contributed by atoms with E-state index in [1.54, 1.807) is 18.2 Å². The molecule has 1 aliphatic rings. The van der Waals surface area contributed by atoms with Gasteiger partial charge in [-0.05, 0) is 64.6 Å². The van der Waals surface area contributed by atoms with Crippen LogP contribution in [0.15, 0.2) is 45.8 Å². The fraction of sp³-hybridized carbons (Fsp3) is 0. The number of nitrogens with one attached hydrogen (secondary N) is 1. The van der Waals surface area contributed by atoms with Crippen LogP contribution in [-0.2, 0) is 9.59 Å². The maximum Gasteiger partial charge on any atom is 0.335 e. The van der Waals surface area contributed by atoms with Crippen molar-refractivity contribution in [1.82, 2.24) is 5.32 Å². The molecule has 0 unspecified atom stereocenters. The Bertz CT molecular complexity index is 951. The second-order valence-electron chi connectivity index (χ2n) is 4.96. The largest absolute Gasteiger partial charge is 0.478 e. The second-order valence-corrected chi connectivity index (χ2v) is 7.84. The van der Waals surface area contributed by atoms with Crippen molar-refractivity contribution in [3.8, 4) is 0 Å². The summed E-state index contributed by atoms with van der Waals surface area (Å²) >= 11 is 9.78. The monoisotopic (exact) mass is 436 g/mol. The zero-order chi connectivity index (χ0) is 18.1. The molecule has 2 amide bonds. The highest BCUT2D eigenvalue weighted by Crippen LogP contribution is 2.27. The molecule has 126 valence electrons. The van der Waals surface area contributed by atoms with Gasteiger partial charge in [-0.2, -0.15) is 0 Å². The van der Waals surface area contributed by atoms with Gasteiger partial charge in [0.15, 0.2) is 5.11 Å². The van der Waals surface area contributed by atoms with Crippen molar-refractivity contribution in [3.05, 3.63) is 56.2 Å². The van der Waals surface area contributed by atoms with E-state index in [9.17, 15) is 14.4 Å². The van der Waals surface area contributed by atoms with Crippen LogP contribution < -0.4 is 10.2 Å². The molecule has 2 aromatic rings. The molecule has 0 aliphatic carbocycles. The van der Waals surface area contributed by atoms with Gasteiger partial charge in [-0.3, -0.25) is 19.8 Å². The summed E-state index contributed by atoms with van der Waals surface area (Å²) in [6.45, 7) is 0. The predicted octanol–water partition coefficient (Wildman–Crippen LogP) is 3.04. The van der Waals surface area contributed by atoms with Crippen molar-refractivity contribution in [2.75, 3.05) is 4.90 Å². The Balaban J connectivity index is 2.02. The first-order chi connectivity index (χ1) is 11.9. The van der Waals surface area contributed by atoms with E-state index in [-0.39, 0.29) is 21.9 Å². The smallest absolute Gasteiger partial charge is 0.335 e. The number of halogens is 1. The van der Waals surface area contributed by atoms with Crippen molar-refractivity contribution in [1.29, 1.82) is 0 Å². The highest BCUT2D eigenvalue weighted by molar-refractivity contribution is 9.11. The third-order valence-corrected chi connectivity index (χ3v) is 5.19. The van der Waals surface area contributed by atoms with Gasteiger partial charge in [-0.15, -0.1) is 11.3 Å². The Hall–Kier alpha value is -2.36. The lowest BCUT2D eigenvalue weighted by Crippen LogP contribution is -2.54. The first-order valence-corrected chi connectivity index (χ1v) is 8.89. The van der Waals surface area contributed by atoms with Crippen molar-refractivity contribution >= 4 is 74.1 Å². The number of amides is 2. The van der Waals surface area contributed by atoms with Gasteiger partial charge in [-0.1, -0.05) is 6.07 Å². The number of hydrogen-bond donors (Lipinski definition) is 2. The van der Waals surface area contributed by atoms with Crippen molar-refractivity contribution in [2.45, 2.75) is 0 Å². The number of anilines is 1. The van der Waals surface area contributed by atoms with Crippen LogP contribution in [0.4, 0.5) is 5.69 Å². The number of aromatic carboxylic acids is 1. The lowest BCUT2D eigenvalue weighted by atomic mass is 10.1. The molecule has 3 rings (SSSR count). The van der Waals surface area contributed by atoms with Crippen LogP contribution in [0.3, 0.4) is 0 Å². The van der Waals surface area contributed by atoms with Gasteiger partial charge in [0.25, 0.3) is 11.8 Å². The summed E-state index contributed by atoms with van der Waals surface area (Å²) < 4.78 is 0.865. The normalized spacial score (nSPS) is 16.3. The lowest BCUT2D eigenvalue weighted by molar-refractivity contribution is -0.122. The molecule has 1 aliphatic heterocycles. The Morgan fingerprint density at radius 3 is 2.68 bits per heavy atom. The van der Waals surface area contributed by atoms with Crippen molar-refractivity contribution in [2.24, 2.45) is 0 Å². The molecule has 9 heteroatoms. The lowest BCUT2D eigenvalue weighted by Gasteiger charge is -2.29. The standard InChI is InChI=1S/C16H9BrN2O4S2/c17-12-5-4-10(25-12)7-11-13(20)18-16(24)19(14(11)21)9-3-1-2-8(6-9)15(22)23/h1-7H,(H,22,23)(H,18,20,24). The minimum absolute atomic E-state index is 0.0118. The zero-order valence-corrected chi connectivity index (χ0v) is 15.6. The third kappa shape index (κ3) is 3.53. The van der Waals surface area contributed by atoms with E-state index < -0.39 is 17.8 Å². The second kappa shape index (κ2) is 6.87. The molecule has 1 saturated heterocycles. The van der Waals surface area contributed by atoms with E-state index in [0.29, 0.717) is 0 Å². The number of carbonyl (C=O) groups excluding carboxylic acids is 2. The summed E-state index contributed by atoms with van der Waals surface area (Å²) in [6.07, 6.45) is 1.48. The van der Waals surface area contributed by atoms with Crippen LogP contribution >= 0.6 is 39.5 Å². The summed E-state index contributed by atoms with van der Waals surface area (Å²) in [4.78, 5) is 37.9. The van der Waals surface area contributed by atoms with Crippen LogP contribution in [0, 0.1) is 0 Å². The van der Waals surface area contributed by atoms with Gasteiger partial charge >= 0.3 is 5.97 Å². The molecule has 2 N–H and O–H groups in total. The van der Waals surface area contributed by atoms with E-state index in [0.717, 1.165) is 13.6 Å². The fourth-order valence-electron chi connectivity index (χ4n) is 2.22. The Morgan fingerprint density at radius 1 is 1.28 bits per heavy atom. The molecular formula is C16H9BrN2O4S2. The van der Waals surface area contributed by atoms with Crippen LogP contribution in [-0.4, -0.2) is 28.0 Å². The number of rotatable bonds is 3. The number of carbonyl (C=O) groups is 3. The maximum absolute atomic E-state index is 12.8. The first-order valence-electron chi connectivity index (χ1n) is 6.87. The Labute approximate surface area is 159 Å². The molecular weight excluding hydrogens is 428 g/mol. The third-order valence-electron chi connectivity index (χ3n) is 3.33. The molecule has 0 spiro atoms. The van der Waals surface area contributed by atoms with E-state index in [1.165, 1.54) is 35.6 Å². The quantitative estimate of drug-likeness (QED) is 0.438. The molecule has 6 nitrogen and oxygen atoms in total. The number of thiocarbonyl (C=S) groups is 1. The molecule has 0 atom stereocenters. The number of hydrogen-bond acceptors (Lipinski definition) is 5. The zero-order valence-electron chi connectivity index (χ0n) is 12.4. The molecule has 0 radical (unpaired) electrons. The van der Waals surface area contributed by atoms with Crippen LogP contribution in [0.1, 0.15) is 15.2 Å². The van der Waals surface area contributed by atoms with Crippen molar-refractivity contribution < 1.29 is 19.5 Å². The minimum Gasteiger partial charge on any atom is -0.478 e. The molecule has 0 saturated carbocycles. The summed E-state index contributed by atoms with van der Waals surface area (Å²) in [5.74, 6) is -2.33. The van der Waals surface area contributed by atoms with Crippen LogP contribution in [0.5, 0.6) is 0 Å². The van der Waals surface area contributed by atoms with Gasteiger partial charge < -0.3 is 5.11 Å². The molecule has 1 aromatic carbocycles. The highest BCUT2D eigenvalue weighted by atomic mass is 79.9. The molecule has 0 bridgehead atoms. The van der Waals surface area contributed by atoms with Gasteiger partial charge in [-0.25, -0.2) is 4.79 Å². The van der Waals surface area contributed by atoms with E-state index >= 15 is 0 Å². The van der Waals surface area contributed by atoms with Crippen molar-refractivity contribution in [3.63, 3.8) is 0 Å². The fourth-order valence-corrected chi connectivity index (χ4v) is 3.87. The van der Waals surface area contributed by atoms with Gasteiger partial charge in [0, 0.05) is 4.88 Å². The molecule has 2 heterocycles. The number of thiophene rings is 1. The van der Waals surface area contributed by atoms with E-state index in [2.05, 4.69) is 21.2 Å². The summed E-state index contributed by atoms with van der Waals surface area (Å²) in [7, 11) is 0. The summed E-state index contributed by atoms with van der Waals surface area (Å²) in [5, 5.41) is 11.5. The van der Waals surface area contributed by atoms with E-state index in [4.69, 9.17) is 17.3 Å². The Morgan fingerprint density at radius 2 is 2.04 bits per heavy atom. The van der Waals surface area contributed by atoms with Crippen LogP contribution in [0.2, 0.25) is 0 Å². The topological polar surface area (TPSA) is 86.7 Å². The molecule has 1 aromatic heterocycles. The van der Waals surface area contributed by atoms with E-state index in [1.807, 2.05) is 0 Å². The number of carboxylic acid groups (broad SMARTS) is 1. The number of benzene rings is 1. The highest BCUT2D eigenvalue weighted by Gasteiger charge is 2.34. The SMILES string of the molecule is O=C1NC(=S)N(c2cccc(C(=O)O)c2)C(=O)C1=Cc1ccc(Br)s1. The van der Waals surface area contributed by atoms with Gasteiger partial charge in [0.1, 0.15) is 5.57 Å². The van der Waals surface area contributed by atoms with Crippen LogP contribution in [0.25, 0.3) is 6.08 Å². The van der Waals surface area contributed by atoms with Gasteiger partial charge in [0.05, 0.1) is 15.0 Å². The Kier molecular flexibility index (Phi) is 4.80. The number of nitrogens with zero attached hydrogens (tertiary/aromatic N) is 1. The molecule has 1 fully saturated rings. The predicted molar refractivity (Wildman–Crippen MR) is 102 cm³/mol. The summed E-state index contributed by atoms with van der Waals surface area (Å²) in [6, 6.07) is 9.36.